The fourth-order valence-electron chi connectivity index (χ4n) is 2.88. The second-order valence-corrected chi connectivity index (χ2v) is 7.36. The molecule has 0 atom stereocenters. The first-order chi connectivity index (χ1) is 11.6. The van der Waals surface area contributed by atoms with Crippen molar-refractivity contribution in [2.24, 2.45) is 0 Å². The first-order valence-electron chi connectivity index (χ1n) is 8.49. The van der Waals surface area contributed by atoms with Gasteiger partial charge < -0.3 is 14.0 Å². The number of ether oxygens (including phenoxy) is 1. The van der Waals surface area contributed by atoms with Gasteiger partial charge in [-0.1, -0.05) is 11.3 Å². The van der Waals surface area contributed by atoms with Crippen LogP contribution in [0.2, 0.25) is 0 Å². The molecule has 3 rings (SSSR count). The van der Waals surface area contributed by atoms with E-state index < -0.39 is 18.3 Å². The van der Waals surface area contributed by atoms with Crippen molar-refractivity contribution in [3.8, 4) is 0 Å². The summed E-state index contributed by atoms with van der Waals surface area (Å²) in [5.74, 6) is -0.352. The van der Waals surface area contributed by atoms with E-state index in [1.165, 1.54) is 0 Å². The molecular formula is C17H24BN3O4. The SMILES string of the molecule is CCOC(=O)Cn1nnc2cc(C)cc(B3OC(C)(C)C(C)(C)O3)c21. The number of hydrogen-bond acceptors (Lipinski definition) is 6. The van der Waals surface area contributed by atoms with E-state index in [2.05, 4.69) is 10.3 Å². The second-order valence-electron chi connectivity index (χ2n) is 7.36. The second kappa shape index (κ2) is 6.11. The van der Waals surface area contributed by atoms with E-state index in [0.29, 0.717) is 12.1 Å². The zero-order chi connectivity index (χ0) is 18.4. The van der Waals surface area contributed by atoms with Gasteiger partial charge in [0.1, 0.15) is 12.1 Å². The Labute approximate surface area is 147 Å². The number of fused-ring (bicyclic) bond motifs is 1. The van der Waals surface area contributed by atoms with E-state index in [1.54, 1.807) is 11.6 Å². The van der Waals surface area contributed by atoms with Gasteiger partial charge in [0, 0.05) is 5.46 Å². The van der Waals surface area contributed by atoms with Crippen molar-refractivity contribution < 1.29 is 18.8 Å². The van der Waals surface area contributed by atoms with E-state index in [4.69, 9.17) is 14.0 Å². The molecule has 1 aromatic heterocycles. The highest BCUT2D eigenvalue weighted by Crippen LogP contribution is 2.37. The highest BCUT2D eigenvalue weighted by molar-refractivity contribution is 6.65. The van der Waals surface area contributed by atoms with E-state index in [-0.39, 0.29) is 12.5 Å². The molecule has 8 heteroatoms. The highest BCUT2D eigenvalue weighted by atomic mass is 16.7. The molecular weight excluding hydrogens is 321 g/mol. The number of carbonyl (C=O) groups is 1. The molecule has 0 unspecified atom stereocenters. The summed E-state index contributed by atoms with van der Waals surface area (Å²) in [6.45, 7) is 12.1. The van der Waals surface area contributed by atoms with Crippen LogP contribution in [0.3, 0.4) is 0 Å². The minimum atomic E-state index is -0.549. The minimum Gasteiger partial charge on any atom is -0.465 e. The number of hydrogen-bond donors (Lipinski definition) is 0. The molecule has 1 aliphatic rings. The molecule has 1 fully saturated rings. The third-order valence-corrected chi connectivity index (χ3v) is 4.87. The maximum atomic E-state index is 11.9. The number of benzene rings is 1. The Bertz CT molecular complexity index is 800. The van der Waals surface area contributed by atoms with Gasteiger partial charge in [0.05, 0.1) is 23.3 Å². The fourth-order valence-corrected chi connectivity index (χ4v) is 2.88. The maximum absolute atomic E-state index is 11.9. The molecule has 0 amide bonds. The fraction of sp³-hybridized carbons (Fsp3) is 0.588. The van der Waals surface area contributed by atoms with Gasteiger partial charge in [0.15, 0.2) is 0 Å². The predicted octanol–water partition coefficient (Wildman–Crippen LogP) is 1.60. The monoisotopic (exact) mass is 345 g/mol. The van der Waals surface area contributed by atoms with Crippen LogP contribution in [0, 0.1) is 6.92 Å². The van der Waals surface area contributed by atoms with Gasteiger partial charge in [-0.15, -0.1) is 5.10 Å². The summed E-state index contributed by atoms with van der Waals surface area (Å²) in [5, 5.41) is 8.31. The average molecular weight is 345 g/mol. The van der Waals surface area contributed by atoms with Crippen molar-refractivity contribution in [2.45, 2.75) is 59.3 Å². The Kier molecular flexibility index (Phi) is 4.37. The van der Waals surface area contributed by atoms with Crippen LogP contribution >= 0.6 is 0 Å². The number of aromatic nitrogens is 3. The minimum absolute atomic E-state index is 0.0000926. The van der Waals surface area contributed by atoms with Crippen molar-refractivity contribution in [1.29, 1.82) is 0 Å². The third kappa shape index (κ3) is 3.16. The molecule has 134 valence electrons. The van der Waals surface area contributed by atoms with Crippen LogP contribution in [0.5, 0.6) is 0 Å². The summed E-state index contributed by atoms with van der Waals surface area (Å²) >= 11 is 0. The van der Waals surface area contributed by atoms with Crippen LogP contribution in [-0.2, 0) is 25.4 Å². The van der Waals surface area contributed by atoms with Gasteiger partial charge in [0.25, 0.3) is 0 Å². The van der Waals surface area contributed by atoms with Crippen molar-refractivity contribution in [1.82, 2.24) is 15.0 Å². The van der Waals surface area contributed by atoms with Gasteiger partial charge in [-0.3, -0.25) is 4.79 Å². The van der Waals surface area contributed by atoms with Gasteiger partial charge in [0.2, 0.25) is 0 Å². The highest BCUT2D eigenvalue weighted by Gasteiger charge is 2.52. The maximum Gasteiger partial charge on any atom is 0.497 e. The van der Waals surface area contributed by atoms with Crippen molar-refractivity contribution in [2.75, 3.05) is 6.61 Å². The third-order valence-electron chi connectivity index (χ3n) is 4.87. The Morgan fingerprint density at radius 1 is 1.24 bits per heavy atom. The van der Waals surface area contributed by atoms with Gasteiger partial charge in [-0.2, -0.15) is 0 Å². The van der Waals surface area contributed by atoms with E-state index >= 15 is 0 Å². The summed E-state index contributed by atoms with van der Waals surface area (Å²) in [7, 11) is -0.549. The van der Waals surface area contributed by atoms with Crippen LogP contribution in [-0.4, -0.2) is 45.9 Å². The molecule has 2 aromatic rings. The first kappa shape index (κ1) is 17.9. The lowest BCUT2D eigenvalue weighted by Crippen LogP contribution is -2.41. The molecule has 1 aromatic carbocycles. The molecule has 0 spiro atoms. The van der Waals surface area contributed by atoms with Crippen LogP contribution < -0.4 is 5.46 Å². The number of esters is 1. The lowest BCUT2D eigenvalue weighted by atomic mass is 9.77. The normalized spacial score (nSPS) is 18.7. The van der Waals surface area contributed by atoms with Gasteiger partial charge in [-0.05, 0) is 53.2 Å². The zero-order valence-electron chi connectivity index (χ0n) is 15.6. The predicted molar refractivity (Wildman–Crippen MR) is 94.6 cm³/mol. The van der Waals surface area contributed by atoms with Crippen LogP contribution in [0.25, 0.3) is 11.0 Å². The quantitative estimate of drug-likeness (QED) is 0.619. The molecule has 1 aliphatic heterocycles. The molecule has 2 heterocycles. The zero-order valence-corrected chi connectivity index (χ0v) is 15.6. The molecule has 0 radical (unpaired) electrons. The molecule has 0 N–H and O–H groups in total. The number of rotatable bonds is 4. The molecule has 7 nitrogen and oxygen atoms in total. The average Bonchev–Trinajstić information content (AvgIpc) is 2.97. The Balaban J connectivity index is 2.06. The van der Waals surface area contributed by atoms with Crippen molar-refractivity contribution in [3.63, 3.8) is 0 Å². The van der Waals surface area contributed by atoms with Crippen LogP contribution in [0.15, 0.2) is 12.1 Å². The van der Waals surface area contributed by atoms with Crippen molar-refractivity contribution >= 4 is 29.6 Å². The largest absolute Gasteiger partial charge is 0.497 e. The molecule has 0 saturated carbocycles. The van der Waals surface area contributed by atoms with Gasteiger partial charge >= 0.3 is 13.1 Å². The van der Waals surface area contributed by atoms with E-state index in [9.17, 15) is 4.79 Å². The number of carbonyl (C=O) groups excluding carboxylic acids is 1. The summed E-state index contributed by atoms with van der Waals surface area (Å²) in [6.07, 6.45) is 0. The smallest absolute Gasteiger partial charge is 0.465 e. The molecule has 0 aliphatic carbocycles. The Hall–Kier alpha value is -1.93. The Morgan fingerprint density at radius 2 is 1.88 bits per heavy atom. The topological polar surface area (TPSA) is 75.5 Å². The molecule has 25 heavy (non-hydrogen) atoms. The lowest BCUT2D eigenvalue weighted by Gasteiger charge is -2.32. The van der Waals surface area contributed by atoms with Gasteiger partial charge in [-0.25, -0.2) is 4.68 Å². The number of aryl methyl sites for hydroxylation is 1. The molecule has 1 saturated heterocycles. The van der Waals surface area contributed by atoms with Crippen LogP contribution in [0.1, 0.15) is 40.2 Å². The van der Waals surface area contributed by atoms with E-state index in [1.807, 2.05) is 46.8 Å². The molecule has 0 bridgehead atoms. The van der Waals surface area contributed by atoms with Crippen molar-refractivity contribution in [3.05, 3.63) is 17.7 Å². The Morgan fingerprint density at radius 3 is 2.48 bits per heavy atom. The van der Waals surface area contributed by atoms with Crippen LogP contribution in [0.4, 0.5) is 0 Å². The summed E-state index contributed by atoms with van der Waals surface area (Å²) in [6, 6.07) is 3.92. The standard InChI is InChI=1S/C17H24BN3O4/c1-7-23-14(22)10-21-15-12(8-11(2)9-13(15)19-20-21)18-24-16(3,4)17(5,6)25-18/h8-9H,7,10H2,1-6H3. The first-order valence-corrected chi connectivity index (χ1v) is 8.49. The summed E-state index contributed by atoms with van der Waals surface area (Å²) in [5.41, 5.74) is 2.38. The lowest BCUT2D eigenvalue weighted by molar-refractivity contribution is -0.143. The summed E-state index contributed by atoms with van der Waals surface area (Å²) in [4.78, 5) is 11.9. The van der Waals surface area contributed by atoms with E-state index in [0.717, 1.165) is 16.5 Å². The number of nitrogens with zero attached hydrogens (tertiary/aromatic N) is 3. The summed E-state index contributed by atoms with van der Waals surface area (Å²) < 4.78 is 18.9.